The van der Waals surface area contributed by atoms with E-state index < -0.39 is 10.0 Å². The first-order chi connectivity index (χ1) is 12.6. The summed E-state index contributed by atoms with van der Waals surface area (Å²) in [5, 5.41) is 0. The zero-order valence-corrected chi connectivity index (χ0v) is 17.1. The Bertz CT molecular complexity index is 1050. The van der Waals surface area contributed by atoms with Crippen molar-refractivity contribution in [2.24, 2.45) is 5.41 Å². The first kappa shape index (κ1) is 19.3. The molecule has 0 bridgehead atoms. The first-order valence-corrected chi connectivity index (χ1v) is 10.2. The molecule has 0 aliphatic rings. The molecule has 0 aromatic carbocycles. The van der Waals surface area contributed by atoms with Crippen LogP contribution in [0.1, 0.15) is 38.8 Å². The van der Waals surface area contributed by atoms with Crippen molar-refractivity contribution in [1.29, 1.82) is 0 Å². The number of aromatic nitrogens is 3. The fourth-order valence-corrected chi connectivity index (χ4v) is 4.16. The average molecular weight is 383 g/mol. The number of hydrogen-bond acceptors (Lipinski definition) is 4. The van der Waals surface area contributed by atoms with Gasteiger partial charge in [-0.2, -0.15) is 0 Å². The van der Waals surface area contributed by atoms with Crippen molar-refractivity contribution in [3.05, 3.63) is 72.3 Å². The molecule has 5 nitrogen and oxygen atoms in total. The first-order valence-electron chi connectivity index (χ1n) is 8.76. The van der Waals surface area contributed by atoms with Crippen LogP contribution in [0.2, 0.25) is 0 Å². The largest absolute Gasteiger partial charge is 0.269 e. The Hall–Kier alpha value is -2.47. The Morgan fingerprint density at radius 2 is 1.78 bits per heavy atom. The third-order valence-electron chi connectivity index (χ3n) is 4.85. The van der Waals surface area contributed by atoms with E-state index in [1.54, 1.807) is 36.9 Å². The fraction of sp³-hybridized carbons (Fsp3) is 0.286. The summed E-state index contributed by atoms with van der Waals surface area (Å²) >= 11 is 0. The lowest BCUT2D eigenvalue weighted by atomic mass is 9.78. The minimum Gasteiger partial charge on any atom is -0.264 e. The van der Waals surface area contributed by atoms with E-state index in [0.717, 1.165) is 22.6 Å². The van der Waals surface area contributed by atoms with Gasteiger partial charge >= 0.3 is 0 Å². The van der Waals surface area contributed by atoms with E-state index in [1.165, 1.54) is 10.2 Å². The Morgan fingerprint density at radius 1 is 1.07 bits per heavy atom. The number of nitrogens with zero attached hydrogens (tertiary/aromatic N) is 3. The molecule has 0 N–H and O–H groups in total. The van der Waals surface area contributed by atoms with Gasteiger partial charge in [-0.3, -0.25) is 9.97 Å². The van der Waals surface area contributed by atoms with Crippen LogP contribution in [0.3, 0.4) is 0 Å². The molecule has 0 amide bonds. The van der Waals surface area contributed by atoms with E-state index in [0.29, 0.717) is 5.69 Å². The van der Waals surface area contributed by atoms with E-state index in [-0.39, 0.29) is 10.3 Å². The van der Waals surface area contributed by atoms with Crippen molar-refractivity contribution in [3.63, 3.8) is 0 Å². The average Bonchev–Trinajstić information content (AvgIpc) is 3.07. The van der Waals surface area contributed by atoms with Crippen LogP contribution in [-0.4, -0.2) is 22.4 Å². The Balaban J connectivity index is 2.27. The lowest BCUT2D eigenvalue weighted by Crippen LogP contribution is -2.16. The highest BCUT2D eigenvalue weighted by Crippen LogP contribution is 2.37. The SMILES string of the molecule is C[C](c1cc(-c2cnccc2C)n(S(=O)(=O)c2cccnc2)c1)C(C)(C)C. The maximum Gasteiger partial charge on any atom is 0.269 e. The Labute approximate surface area is 161 Å². The Morgan fingerprint density at radius 3 is 2.37 bits per heavy atom. The molecule has 6 heteroatoms. The summed E-state index contributed by atoms with van der Waals surface area (Å²) in [5.74, 6) is 1.12. The van der Waals surface area contributed by atoms with Gasteiger partial charge in [0.15, 0.2) is 0 Å². The van der Waals surface area contributed by atoms with E-state index in [2.05, 4.69) is 30.7 Å². The molecular formula is C21H24N3O2S. The zero-order valence-electron chi connectivity index (χ0n) is 16.3. The number of hydrogen-bond donors (Lipinski definition) is 0. The van der Waals surface area contributed by atoms with Crippen molar-refractivity contribution in [2.75, 3.05) is 0 Å². The van der Waals surface area contributed by atoms with Crippen LogP contribution >= 0.6 is 0 Å². The molecule has 1 radical (unpaired) electrons. The molecule has 0 spiro atoms. The zero-order chi connectivity index (χ0) is 19.8. The van der Waals surface area contributed by atoms with Gasteiger partial charge in [0.25, 0.3) is 10.0 Å². The monoisotopic (exact) mass is 382 g/mol. The van der Waals surface area contributed by atoms with E-state index in [1.807, 2.05) is 26.0 Å². The van der Waals surface area contributed by atoms with Gasteiger partial charge in [-0.05, 0) is 47.7 Å². The second kappa shape index (κ2) is 6.93. The highest BCUT2D eigenvalue weighted by molar-refractivity contribution is 7.90. The number of pyridine rings is 2. The minimum absolute atomic E-state index is 0.0779. The van der Waals surface area contributed by atoms with Gasteiger partial charge in [-0.25, -0.2) is 12.4 Å². The van der Waals surface area contributed by atoms with Crippen LogP contribution in [0.15, 0.2) is 60.1 Å². The van der Waals surface area contributed by atoms with Gasteiger partial charge in [-0.15, -0.1) is 0 Å². The van der Waals surface area contributed by atoms with Gasteiger partial charge in [-0.1, -0.05) is 27.7 Å². The summed E-state index contributed by atoms with van der Waals surface area (Å²) in [7, 11) is -3.78. The van der Waals surface area contributed by atoms with Crippen LogP contribution in [-0.2, 0) is 10.0 Å². The molecule has 0 unspecified atom stereocenters. The topological polar surface area (TPSA) is 64.8 Å². The predicted octanol–water partition coefficient (Wildman–Crippen LogP) is 4.48. The second-order valence-electron chi connectivity index (χ2n) is 7.67. The molecule has 0 saturated heterocycles. The molecule has 3 heterocycles. The van der Waals surface area contributed by atoms with E-state index in [4.69, 9.17) is 0 Å². The predicted molar refractivity (Wildman–Crippen MR) is 107 cm³/mol. The molecule has 3 aromatic heterocycles. The standard InChI is InChI=1S/C21H24N3O2S/c1-15-8-10-23-13-19(15)20-11-17(16(2)21(3,4)5)14-24(20)27(25,26)18-7-6-9-22-12-18/h6-14H,1-5H3. The third kappa shape index (κ3) is 3.67. The molecule has 141 valence electrons. The fourth-order valence-electron chi connectivity index (χ4n) is 2.82. The molecule has 3 rings (SSSR count). The summed E-state index contributed by atoms with van der Waals surface area (Å²) in [6.07, 6.45) is 8.04. The lowest BCUT2D eigenvalue weighted by Gasteiger charge is -2.25. The van der Waals surface area contributed by atoms with Gasteiger partial charge in [0.1, 0.15) is 4.90 Å². The molecule has 3 aromatic rings. The molecule has 0 fully saturated rings. The molecule has 0 aliphatic carbocycles. The molecule has 0 saturated carbocycles. The van der Waals surface area contributed by atoms with Crippen molar-refractivity contribution in [2.45, 2.75) is 39.5 Å². The van der Waals surface area contributed by atoms with Gasteiger partial charge < -0.3 is 0 Å². The number of aryl methyl sites for hydroxylation is 1. The van der Waals surface area contributed by atoms with Crippen LogP contribution in [0.5, 0.6) is 0 Å². The van der Waals surface area contributed by atoms with Gasteiger partial charge in [0.05, 0.1) is 5.69 Å². The van der Waals surface area contributed by atoms with E-state index >= 15 is 0 Å². The highest BCUT2D eigenvalue weighted by atomic mass is 32.2. The maximum absolute atomic E-state index is 13.3. The normalized spacial score (nSPS) is 12.5. The summed E-state index contributed by atoms with van der Waals surface area (Å²) in [6, 6.07) is 6.99. The minimum atomic E-state index is -3.78. The molecule has 0 atom stereocenters. The summed E-state index contributed by atoms with van der Waals surface area (Å²) in [5.41, 5.74) is 3.17. The number of rotatable bonds is 4. The van der Waals surface area contributed by atoms with Crippen LogP contribution in [0.4, 0.5) is 0 Å². The second-order valence-corrected chi connectivity index (χ2v) is 9.48. The maximum atomic E-state index is 13.3. The van der Waals surface area contributed by atoms with Crippen molar-refractivity contribution >= 4 is 10.0 Å². The van der Waals surface area contributed by atoms with Crippen molar-refractivity contribution < 1.29 is 8.42 Å². The van der Waals surface area contributed by atoms with Crippen molar-refractivity contribution in [3.8, 4) is 11.3 Å². The van der Waals surface area contributed by atoms with Crippen LogP contribution in [0, 0.1) is 18.3 Å². The summed E-state index contributed by atoms with van der Waals surface area (Å²) < 4.78 is 28.0. The van der Waals surface area contributed by atoms with Crippen molar-refractivity contribution in [1.82, 2.24) is 13.9 Å². The summed E-state index contributed by atoms with van der Waals surface area (Å²) in [4.78, 5) is 8.32. The van der Waals surface area contributed by atoms with E-state index in [9.17, 15) is 8.42 Å². The lowest BCUT2D eigenvalue weighted by molar-refractivity contribution is 0.451. The summed E-state index contributed by atoms with van der Waals surface area (Å²) in [6.45, 7) is 10.3. The van der Waals surface area contributed by atoms with Crippen LogP contribution in [0.25, 0.3) is 11.3 Å². The van der Waals surface area contributed by atoms with Gasteiger partial charge in [0, 0.05) is 42.5 Å². The third-order valence-corrected chi connectivity index (χ3v) is 6.51. The Kier molecular flexibility index (Phi) is 4.95. The van der Waals surface area contributed by atoms with Gasteiger partial charge in [0.2, 0.25) is 0 Å². The smallest absolute Gasteiger partial charge is 0.264 e. The highest BCUT2D eigenvalue weighted by Gasteiger charge is 2.28. The van der Waals surface area contributed by atoms with Crippen LogP contribution < -0.4 is 0 Å². The molecule has 27 heavy (non-hydrogen) atoms. The quantitative estimate of drug-likeness (QED) is 0.667. The molecule has 0 aliphatic heterocycles. The molecular weight excluding hydrogens is 358 g/mol.